The van der Waals surface area contributed by atoms with E-state index >= 15 is 0 Å². The van der Waals surface area contributed by atoms with Crippen molar-refractivity contribution in [3.8, 4) is 5.75 Å². The van der Waals surface area contributed by atoms with Crippen LogP contribution in [0, 0.1) is 19.8 Å². The van der Waals surface area contributed by atoms with Crippen LogP contribution in [0.25, 0.3) is 10.9 Å². The number of rotatable bonds is 7. The highest BCUT2D eigenvalue weighted by atomic mass is 16.5. The number of fused-ring (bicyclic) bond motifs is 1. The fourth-order valence-electron chi connectivity index (χ4n) is 5.30. The first-order chi connectivity index (χ1) is 15.9. The smallest absolute Gasteiger partial charge is 0.335 e. The van der Waals surface area contributed by atoms with E-state index in [0.717, 1.165) is 37.8 Å². The summed E-state index contributed by atoms with van der Waals surface area (Å²) < 4.78 is 5.85. The molecule has 1 atom stereocenters. The second-order valence-corrected chi connectivity index (χ2v) is 9.71. The number of nitrogens with one attached hydrogen (secondary N) is 1. The molecule has 0 unspecified atom stereocenters. The van der Waals surface area contributed by atoms with E-state index in [4.69, 9.17) is 4.74 Å². The molecule has 2 heterocycles. The minimum absolute atomic E-state index is 0.209. The van der Waals surface area contributed by atoms with E-state index in [1.165, 1.54) is 52.5 Å². The summed E-state index contributed by atoms with van der Waals surface area (Å²) in [6.45, 7) is 9.23. The number of aromatic nitrogens is 1. The summed E-state index contributed by atoms with van der Waals surface area (Å²) in [5.41, 5.74) is 6.33. The summed E-state index contributed by atoms with van der Waals surface area (Å²) in [6.07, 6.45) is 4.78. The summed E-state index contributed by atoms with van der Waals surface area (Å²) in [7, 11) is 1.75. The highest BCUT2D eigenvalue weighted by molar-refractivity contribution is 5.91. The number of piperazine rings is 1. The van der Waals surface area contributed by atoms with E-state index in [9.17, 15) is 9.90 Å². The lowest BCUT2D eigenvalue weighted by Crippen LogP contribution is -2.48. The highest BCUT2D eigenvalue weighted by Crippen LogP contribution is 2.37. The summed E-state index contributed by atoms with van der Waals surface area (Å²) in [6, 6.07) is 9.79. The number of aromatic amines is 1. The molecule has 1 aliphatic carbocycles. The number of aromatic carboxylic acids is 1. The Morgan fingerprint density at radius 3 is 2.58 bits per heavy atom. The Labute approximate surface area is 195 Å². The number of carboxylic acids is 1. The molecule has 174 valence electrons. The van der Waals surface area contributed by atoms with Crippen LogP contribution >= 0.6 is 0 Å². The number of aryl methyl sites for hydroxylation is 2. The third kappa shape index (κ3) is 4.37. The van der Waals surface area contributed by atoms with Crippen molar-refractivity contribution in [2.24, 2.45) is 5.92 Å². The van der Waals surface area contributed by atoms with Gasteiger partial charge in [0.25, 0.3) is 0 Å². The molecule has 0 bridgehead atoms. The SMILES string of the molecule is COc1cc(C)c2[nH]cc(C)c2c1CN1CCN(CC2CC2)C[C@H]1c1ccc(C(=O)O)cc1. The molecular formula is C27H33N3O3. The van der Waals surface area contributed by atoms with Crippen molar-refractivity contribution >= 4 is 16.9 Å². The Bertz CT molecular complexity index is 1160. The molecule has 1 saturated heterocycles. The average molecular weight is 448 g/mol. The summed E-state index contributed by atoms with van der Waals surface area (Å²) in [5, 5.41) is 10.6. The van der Waals surface area contributed by atoms with Crippen molar-refractivity contribution in [3.63, 3.8) is 0 Å². The molecule has 2 N–H and O–H groups in total. The second kappa shape index (κ2) is 8.84. The second-order valence-electron chi connectivity index (χ2n) is 9.71. The van der Waals surface area contributed by atoms with Crippen LogP contribution in [-0.2, 0) is 6.54 Å². The minimum atomic E-state index is -0.882. The van der Waals surface area contributed by atoms with Gasteiger partial charge in [0.1, 0.15) is 5.75 Å². The van der Waals surface area contributed by atoms with Crippen molar-refractivity contribution < 1.29 is 14.6 Å². The number of methoxy groups -OCH3 is 1. The Kier molecular flexibility index (Phi) is 5.89. The number of hydrogen-bond acceptors (Lipinski definition) is 4. The van der Waals surface area contributed by atoms with Gasteiger partial charge in [0.2, 0.25) is 0 Å². The van der Waals surface area contributed by atoms with Crippen molar-refractivity contribution in [1.29, 1.82) is 0 Å². The fraction of sp³-hybridized carbons (Fsp3) is 0.444. The molecule has 2 aliphatic rings. The third-order valence-corrected chi connectivity index (χ3v) is 7.33. The van der Waals surface area contributed by atoms with Gasteiger partial charge in [-0.2, -0.15) is 0 Å². The number of ether oxygens (including phenoxy) is 1. The summed E-state index contributed by atoms with van der Waals surface area (Å²) >= 11 is 0. The van der Waals surface area contributed by atoms with E-state index in [1.807, 2.05) is 12.1 Å². The van der Waals surface area contributed by atoms with Crippen LogP contribution in [0.2, 0.25) is 0 Å². The number of hydrogen-bond donors (Lipinski definition) is 2. The van der Waals surface area contributed by atoms with Gasteiger partial charge in [-0.15, -0.1) is 0 Å². The standard InChI is InChI=1S/C27H33N3O3/c1-17-12-24(33-3)22(25-18(2)13-28-26(17)25)15-30-11-10-29(14-19-4-5-19)16-23(30)20-6-8-21(9-7-20)27(31)32/h6-9,12-13,19,23,28H,4-5,10-11,14-16H2,1-3H3,(H,31,32)/t23-/m0/s1. The first kappa shape index (κ1) is 22.0. The van der Waals surface area contributed by atoms with Crippen LogP contribution in [0.4, 0.5) is 0 Å². The van der Waals surface area contributed by atoms with Gasteiger partial charge in [-0.1, -0.05) is 12.1 Å². The largest absolute Gasteiger partial charge is 0.496 e. The van der Waals surface area contributed by atoms with Crippen LogP contribution in [0.5, 0.6) is 5.75 Å². The molecule has 1 aromatic heterocycles. The van der Waals surface area contributed by atoms with E-state index in [0.29, 0.717) is 5.56 Å². The van der Waals surface area contributed by atoms with Crippen LogP contribution in [0.1, 0.15) is 51.5 Å². The van der Waals surface area contributed by atoms with E-state index in [1.54, 1.807) is 19.2 Å². The van der Waals surface area contributed by atoms with Gasteiger partial charge < -0.3 is 14.8 Å². The Hall–Kier alpha value is -2.83. The third-order valence-electron chi connectivity index (χ3n) is 7.33. The first-order valence-electron chi connectivity index (χ1n) is 11.9. The maximum absolute atomic E-state index is 11.4. The lowest BCUT2D eigenvalue weighted by Gasteiger charge is -2.42. The molecule has 1 aliphatic heterocycles. The zero-order chi connectivity index (χ0) is 23.1. The van der Waals surface area contributed by atoms with Crippen LogP contribution in [0.3, 0.4) is 0 Å². The number of H-pyrrole nitrogens is 1. The molecule has 0 radical (unpaired) electrons. The van der Waals surface area contributed by atoms with Crippen molar-refractivity contribution in [3.05, 3.63) is 64.3 Å². The van der Waals surface area contributed by atoms with Gasteiger partial charge in [0.15, 0.2) is 0 Å². The van der Waals surface area contributed by atoms with Gasteiger partial charge >= 0.3 is 5.97 Å². The maximum atomic E-state index is 11.4. The van der Waals surface area contributed by atoms with Gasteiger partial charge in [-0.3, -0.25) is 9.80 Å². The Balaban J connectivity index is 1.49. The summed E-state index contributed by atoms with van der Waals surface area (Å²) in [4.78, 5) is 19.9. The normalized spacial score (nSPS) is 19.8. The average Bonchev–Trinajstić information content (AvgIpc) is 3.55. The zero-order valence-electron chi connectivity index (χ0n) is 19.7. The number of carboxylic acid groups (broad SMARTS) is 1. The predicted molar refractivity (Wildman–Crippen MR) is 130 cm³/mol. The molecule has 6 heteroatoms. The zero-order valence-corrected chi connectivity index (χ0v) is 19.7. The number of benzene rings is 2. The maximum Gasteiger partial charge on any atom is 0.335 e. The van der Waals surface area contributed by atoms with Crippen molar-refractivity contribution in [1.82, 2.24) is 14.8 Å². The van der Waals surface area contributed by atoms with Crippen LogP contribution in [-0.4, -0.2) is 59.1 Å². The van der Waals surface area contributed by atoms with Gasteiger partial charge in [-0.05, 0) is 67.5 Å². The van der Waals surface area contributed by atoms with Crippen LogP contribution < -0.4 is 4.74 Å². The summed E-state index contributed by atoms with van der Waals surface area (Å²) in [5.74, 6) is 0.904. The van der Waals surface area contributed by atoms with Gasteiger partial charge in [0, 0.05) is 61.4 Å². The molecule has 5 rings (SSSR count). The van der Waals surface area contributed by atoms with E-state index in [-0.39, 0.29) is 6.04 Å². The van der Waals surface area contributed by atoms with Crippen LogP contribution in [0.15, 0.2) is 36.5 Å². The molecule has 1 saturated carbocycles. The molecule has 2 aromatic carbocycles. The molecule has 0 amide bonds. The Morgan fingerprint density at radius 1 is 1.15 bits per heavy atom. The molecule has 2 fully saturated rings. The topological polar surface area (TPSA) is 68.8 Å². The molecule has 33 heavy (non-hydrogen) atoms. The van der Waals surface area contributed by atoms with E-state index < -0.39 is 5.97 Å². The molecule has 0 spiro atoms. The quantitative estimate of drug-likeness (QED) is 0.547. The Morgan fingerprint density at radius 2 is 1.91 bits per heavy atom. The number of nitrogens with zero attached hydrogens (tertiary/aromatic N) is 2. The highest BCUT2D eigenvalue weighted by Gasteiger charge is 2.33. The minimum Gasteiger partial charge on any atom is -0.496 e. The molecular weight excluding hydrogens is 414 g/mol. The first-order valence-corrected chi connectivity index (χ1v) is 11.9. The van der Waals surface area contributed by atoms with Crippen molar-refractivity contribution in [2.45, 2.75) is 39.3 Å². The fourth-order valence-corrected chi connectivity index (χ4v) is 5.30. The monoisotopic (exact) mass is 447 g/mol. The predicted octanol–water partition coefficient (Wildman–Crippen LogP) is 4.76. The number of carbonyl (C=O) groups is 1. The lowest BCUT2D eigenvalue weighted by atomic mass is 9.97. The molecule has 3 aromatic rings. The van der Waals surface area contributed by atoms with Crippen molar-refractivity contribution in [2.75, 3.05) is 33.3 Å². The molecule has 6 nitrogen and oxygen atoms in total. The van der Waals surface area contributed by atoms with E-state index in [2.05, 4.69) is 40.9 Å². The van der Waals surface area contributed by atoms with Gasteiger partial charge in [0.05, 0.1) is 12.7 Å². The van der Waals surface area contributed by atoms with Gasteiger partial charge in [-0.25, -0.2) is 4.79 Å². The lowest BCUT2D eigenvalue weighted by molar-refractivity contribution is 0.0648.